The quantitative estimate of drug-likeness (QED) is 0.675. The summed E-state index contributed by atoms with van der Waals surface area (Å²) in [6.07, 6.45) is 0.766. The Hall–Kier alpha value is -1.77. The van der Waals surface area contributed by atoms with E-state index >= 15 is 0 Å². The topological polar surface area (TPSA) is 66.9 Å². The smallest absolute Gasteiger partial charge is 0.282 e. The second kappa shape index (κ2) is 6.27. The number of nitrogens with zero attached hydrogens (tertiary/aromatic N) is 1. The Balaban J connectivity index is 2.10. The fraction of sp³-hybridized carbons (Fsp3) is 0.312. The van der Waals surface area contributed by atoms with Gasteiger partial charge in [-0.2, -0.15) is 4.68 Å². The van der Waals surface area contributed by atoms with E-state index in [1.807, 2.05) is 33.1 Å². The summed E-state index contributed by atoms with van der Waals surface area (Å²) in [6.45, 7) is 7.85. The number of carbonyl (C=O) groups excluding carboxylic acids is 1. The molecule has 126 valence electrons. The number of rotatable bonds is 3. The monoisotopic (exact) mass is 379 g/mol. The van der Waals surface area contributed by atoms with Gasteiger partial charge in [0.25, 0.3) is 11.5 Å². The number of thiophene rings is 2. The van der Waals surface area contributed by atoms with Gasteiger partial charge in [0, 0.05) is 15.1 Å². The van der Waals surface area contributed by atoms with Gasteiger partial charge in [0.2, 0.25) is 4.77 Å². The molecule has 0 saturated heterocycles. The van der Waals surface area contributed by atoms with Gasteiger partial charge in [0.15, 0.2) is 0 Å². The molecule has 2 N–H and O–H groups in total. The summed E-state index contributed by atoms with van der Waals surface area (Å²) >= 11 is 8.28. The lowest BCUT2D eigenvalue weighted by Crippen LogP contribution is -2.34. The van der Waals surface area contributed by atoms with Crippen LogP contribution in [-0.4, -0.2) is 15.6 Å². The number of aryl methyl sites for hydroxylation is 3. The van der Waals surface area contributed by atoms with Gasteiger partial charge in [-0.05, 0) is 50.5 Å². The molecule has 0 aliphatic carbocycles. The van der Waals surface area contributed by atoms with Crippen LogP contribution in [0.4, 0.5) is 0 Å². The molecule has 0 aliphatic heterocycles. The van der Waals surface area contributed by atoms with Crippen molar-refractivity contribution in [3.63, 3.8) is 0 Å². The molecule has 0 aliphatic rings. The highest BCUT2D eigenvalue weighted by atomic mass is 32.1. The van der Waals surface area contributed by atoms with E-state index in [0.29, 0.717) is 10.9 Å². The summed E-state index contributed by atoms with van der Waals surface area (Å²) in [5, 5.41) is 2.39. The molecule has 3 heterocycles. The Labute approximate surface area is 151 Å². The average Bonchev–Trinajstić information content (AvgIpc) is 3.03. The van der Waals surface area contributed by atoms with Crippen LogP contribution in [0.15, 0.2) is 10.2 Å². The van der Waals surface area contributed by atoms with Crippen LogP contribution in [-0.2, 0) is 6.42 Å². The van der Waals surface area contributed by atoms with Crippen molar-refractivity contribution in [3.05, 3.63) is 46.9 Å². The molecule has 1 amide bonds. The van der Waals surface area contributed by atoms with E-state index < -0.39 is 0 Å². The van der Waals surface area contributed by atoms with Crippen LogP contribution in [0.3, 0.4) is 0 Å². The average molecular weight is 380 g/mol. The number of amides is 1. The standard InChI is InChI=1S/C16H17N3O2S3/c1-5-10-9(4)23-6-11(10)13(20)18-19-15(21)12-7(2)8(3)24-14(12)17-16(19)22/h6H,5H2,1-4H3,(H,17,22)(H,18,20). The molecule has 0 saturated carbocycles. The fourth-order valence-corrected chi connectivity index (χ4v) is 4.99. The molecule has 0 bridgehead atoms. The molecule has 0 atom stereocenters. The maximum absolute atomic E-state index is 12.8. The highest BCUT2D eigenvalue weighted by Crippen LogP contribution is 2.26. The lowest BCUT2D eigenvalue weighted by atomic mass is 10.1. The Morgan fingerprint density at radius 2 is 2.04 bits per heavy atom. The second-order valence-electron chi connectivity index (χ2n) is 5.54. The molecule has 24 heavy (non-hydrogen) atoms. The molecular formula is C16H17N3O2S3. The van der Waals surface area contributed by atoms with Crippen molar-refractivity contribution in [1.29, 1.82) is 0 Å². The first-order valence-corrected chi connectivity index (χ1v) is 9.59. The molecule has 3 aromatic rings. The number of nitrogens with one attached hydrogen (secondary N) is 2. The predicted molar refractivity (Wildman–Crippen MR) is 103 cm³/mol. The van der Waals surface area contributed by atoms with E-state index in [1.54, 1.807) is 0 Å². The van der Waals surface area contributed by atoms with Gasteiger partial charge in [-0.3, -0.25) is 15.0 Å². The molecular weight excluding hydrogens is 362 g/mol. The first-order valence-electron chi connectivity index (χ1n) is 7.48. The zero-order chi connectivity index (χ0) is 17.6. The van der Waals surface area contributed by atoms with Crippen LogP contribution in [0.2, 0.25) is 0 Å². The maximum atomic E-state index is 12.8. The highest BCUT2D eigenvalue weighted by Gasteiger charge is 2.18. The van der Waals surface area contributed by atoms with Crippen molar-refractivity contribution < 1.29 is 4.79 Å². The number of hydrogen-bond donors (Lipinski definition) is 2. The van der Waals surface area contributed by atoms with Gasteiger partial charge in [0.1, 0.15) is 4.83 Å². The first kappa shape index (κ1) is 17.1. The summed E-state index contributed by atoms with van der Waals surface area (Å²) in [6, 6.07) is 0. The molecule has 5 nitrogen and oxygen atoms in total. The Morgan fingerprint density at radius 3 is 2.71 bits per heavy atom. The molecule has 0 fully saturated rings. The molecule has 8 heteroatoms. The van der Waals surface area contributed by atoms with Crippen molar-refractivity contribution in [2.75, 3.05) is 5.43 Å². The summed E-state index contributed by atoms with van der Waals surface area (Å²) in [5.41, 5.74) is 4.87. The molecule has 0 unspecified atom stereocenters. The molecule has 0 spiro atoms. The third-order valence-electron chi connectivity index (χ3n) is 4.14. The minimum Gasteiger partial charge on any atom is -0.322 e. The van der Waals surface area contributed by atoms with Crippen molar-refractivity contribution in [3.8, 4) is 0 Å². The lowest BCUT2D eigenvalue weighted by molar-refractivity contribution is 0.101. The lowest BCUT2D eigenvalue weighted by Gasteiger charge is -2.09. The van der Waals surface area contributed by atoms with Crippen molar-refractivity contribution in [2.45, 2.75) is 34.1 Å². The molecule has 3 rings (SSSR count). The molecule has 3 aromatic heterocycles. The van der Waals surface area contributed by atoms with E-state index in [2.05, 4.69) is 10.4 Å². The van der Waals surface area contributed by atoms with Gasteiger partial charge in [-0.25, -0.2) is 0 Å². The fourth-order valence-electron chi connectivity index (χ4n) is 2.70. The second-order valence-corrected chi connectivity index (χ2v) is 8.23. The minimum atomic E-state index is -0.318. The van der Waals surface area contributed by atoms with Gasteiger partial charge in [-0.15, -0.1) is 22.7 Å². The van der Waals surface area contributed by atoms with Crippen molar-refractivity contribution in [2.24, 2.45) is 0 Å². The number of H-pyrrole nitrogens is 1. The normalized spacial score (nSPS) is 11.2. The van der Waals surface area contributed by atoms with E-state index in [1.165, 1.54) is 22.7 Å². The Kier molecular flexibility index (Phi) is 4.46. The van der Waals surface area contributed by atoms with E-state index in [0.717, 1.165) is 36.8 Å². The van der Waals surface area contributed by atoms with E-state index in [9.17, 15) is 9.59 Å². The number of aromatic nitrogens is 2. The largest absolute Gasteiger partial charge is 0.322 e. The van der Waals surface area contributed by atoms with Crippen molar-refractivity contribution >= 4 is 51.0 Å². The van der Waals surface area contributed by atoms with Gasteiger partial charge >= 0.3 is 0 Å². The van der Waals surface area contributed by atoms with E-state index in [-0.39, 0.29) is 16.2 Å². The van der Waals surface area contributed by atoms with Crippen LogP contribution >= 0.6 is 34.9 Å². The summed E-state index contributed by atoms with van der Waals surface area (Å²) in [7, 11) is 0. The van der Waals surface area contributed by atoms with Gasteiger partial charge in [0.05, 0.1) is 10.9 Å². The third-order valence-corrected chi connectivity index (χ3v) is 6.50. The third kappa shape index (κ3) is 2.64. The van der Waals surface area contributed by atoms with Crippen LogP contribution in [0.1, 0.15) is 38.2 Å². The number of aromatic amines is 1. The van der Waals surface area contributed by atoms with Crippen molar-refractivity contribution in [1.82, 2.24) is 9.66 Å². The molecule has 0 aromatic carbocycles. The minimum absolute atomic E-state index is 0.187. The van der Waals surface area contributed by atoms with Crippen LogP contribution in [0.25, 0.3) is 10.2 Å². The molecule has 0 radical (unpaired) electrons. The summed E-state index contributed by atoms with van der Waals surface area (Å²) in [5.74, 6) is -0.318. The zero-order valence-corrected chi connectivity index (χ0v) is 16.2. The van der Waals surface area contributed by atoms with Crippen LogP contribution in [0.5, 0.6) is 0 Å². The predicted octanol–water partition coefficient (Wildman–Crippen LogP) is 4.05. The maximum Gasteiger partial charge on any atom is 0.282 e. The number of carbonyl (C=O) groups is 1. The van der Waals surface area contributed by atoms with Crippen LogP contribution < -0.4 is 11.0 Å². The summed E-state index contributed by atoms with van der Waals surface area (Å²) in [4.78, 5) is 31.3. The van der Waals surface area contributed by atoms with Gasteiger partial charge in [-0.1, -0.05) is 6.92 Å². The first-order chi connectivity index (χ1) is 11.3. The highest BCUT2D eigenvalue weighted by molar-refractivity contribution is 7.71. The number of fused-ring (bicyclic) bond motifs is 1. The van der Waals surface area contributed by atoms with Gasteiger partial charge < -0.3 is 4.98 Å². The number of hydrogen-bond acceptors (Lipinski definition) is 5. The SMILES string of the molecule is CCc1c(C(=O)Nn2c(=S)[nH]c3sc(C)c(C)c3c2=O)csc1C. The summed E-state index contributed by atoms with van der Waals surface area (Å²) < 4.78 is 1.32. The Bertz CT molecular complexity index is 1070. The van der Waals surface area contributed by atoms with Crippen LogP contribution in [0, 0.1) is 25.5 Å². The van der Waals surface area contributed by atoms with E-state index in [4.69, 9.17) is 12.2 Å². The zero-order valence-electron chi connectivity index (χ0n) is 13.8. The Morgan fingerprint density at radius 1 is 1.33 bits per heavy atom.